The maximum atomic E-state index is 12.3. The normalized spacial score (nSPS) is 24.8. The van der Waals surface area contributed by atoms with E-state index in [1.54, 1.807) is 24.4 Å². The highest BCUT2D eigenvalue weighted by atomic mass is 32.1. The molecule has 2 rings (SSSR count). The maximum Gasteiger partial charge on any atom is 0.317 e. The second-order valence-corrected chi connectivity index (χ2v) is 6.77. The molecule has 0 aliphatic heterocycles. The Morgan fingerprint density at radius 2 is 2.33 bits per heavy atom. The molecule has 2 atom stereocenters. The summed E-state index contributed by atoms with van der Waals surface area (Å²) in [7, 11) is 1.71. The van der Waals surface area contributed by atoms with Crippen LogP contribution in [0.4, 0.5) is 4.79 Å². The number of aliphatic carboxylic acids is 1. The standard InChI is InChI=1S/C14H21N3O3S/c1-9-10(21-8-15-9)7-17(3)13(20)16-11-5-4-6-14(11,2)12(18)19/h8,11H,4-7H2,1-3H3,(H,16,20)(H,18,19). The van der Waals surface area contributed by atoms with E-state index < -0.39 is 11.4 Å². The number of aromatic nitrogens is 1. The summed E-state index contributed by atoms with van der Waals surface area (Å²) in [5.74, 6) is -0.841. The van der Waals surface area contributed by atoms with Crippen LogP contribution in [0.5, 0.6) is 0 Å². The molecule has 0 aromatic carbocycles. The summed E-state index contributed by atoms with van der Waals surface area (Å²) in [5.41, 5.74) is 1.82. The Kier molecular flexibility index (Phi) is 4.51. The van der Waals surface area contributed by atoms with Crippen molar-refractivity contribution in [2.24, 2.45) is 5.41 Å². The Morgan fingerprint density at radius 1 is 1.62 bits per heavy atom. The van der Waals surface area contributed by atoms with Crippen LogP contribution in [-0.4, -0.2) is 40.1 Å². The molecule has 1 aromatic rings. The number of rotatable bonds is 4. The molecular weight excluding hydrogens is 290 g/mol. The van der Waals surface area contributed by atoms with Gasteiger partial charge in [0, 0.05) is 18.0 Å². The third kappa shape index (κ3) is 3.18. The van der Waals surface area contributed by atoms with Gasteiger partial charge in [-0.2, -0.15) is 0 Å². The van der Waals surface area contributed by atoms with E-state index in [1.807, 2.05) is 6.92 Å². The third-order valence-corrected chi connectivity index (χ3v) is 5.24. The fourth-order valence-corrected chi connectivity index (χ4v) is 3.51. The maximum absolute atomic E-state index is 12.3. The Balaban J connectivity index is 1.98. The van der Waals surface area contributed by atoms with Gasteiger partial charge in [0.1, 0.15) is 0 Å². The number of amides is 2. The minimum atomic E-state index is -0.864. The van der Waals surface area contributed by atoms with Crippen LogP contribution in [0, 0.1) is 12.3 Å². The largest absolute Gasteiger partial charge is 0.481 e. The van der Waals surface area contributed by atoms with Crippen LogP contribution in [-0.2, 0) is 11.3 Å². The highest BCUT2D eigenvalue weighted by Crippen LogP contribution is 2.38. The number of carbonyl (C=O) groups is 2. The molecule has 7 heteroatoms. The SMILES string of the molecule is Cc1ncsc1CN(C)C(=O)NC1CCCC1(C)C(=O)O. The van der Waals surface area contributed by atoms with Crippen LogP contribution in [0.3, 0.4) is 0 Å². The second-order valence-electron chi connectivity index (χ2n) is 5.83. The van der Waals surface area contributed by atoms with E-state index in [0.717, 1.165) is 17.0 Å². The molecule has 1 heterocycles. The lowest BCUT2D eigenvalue weighted by Crippen LogP contribution is -2.50. The number of hydrogen-bond donors (Lipinski definition) is 2. The van der Waals surface area contributed by atoms with Crippen LogP contribution in [0.25, 0.3) is 0 Å². The molecule has 0 bridgehead atoms. The number of carbonyl (C=O) groups excluding carboxylic acids is 1. The Hall–Kier alpha value is -1.63. The highest BCUT2D eigenvalue weighted by Gasteiger charge is 2.46. The van der Waals surface area contributed by atoms with Gasteiger partial charge in [0.05, 0.1) is 23.2 Å². The van der Waals surface area contributed by atoms with Crippen LogP contribution in [0.2, 0.25) is 0 Å². The zero-order valence-corrected chi connectivity index (χ0v) is 13.4. The number of urea groups is 1. The average molecular weight is 311 g/mol. The van der Waals surface area contributed by atoms with E-state index in [9.17, 15) is 14.7 Å². The molecule has 6 nitrogen and oxygen atoms in total. The molecule has 2 unspecified atom stereocenters. The summed E-state index contributed by atoms with van der Waals surface area (Å²) >= 11 is 1.52. The molecule has 1 aliphatic carbocycles. The summed E-state index contributed by atoms with van der Waals surface area (Å²) in [6.07, 6.45) is 2.14. The van der Waals surface area contributed by atoms with Crippen molar-refractivity contribution in [3.63, 3.8) is 0 Å². The highest BCUT2D eigenvalue weighted by molar-refractivity contribution is 7.09. The van der Waals surface area contributed by atoms with Gasteiger partial charge < -0.3 is 15.3 Å². The van der Waals surface area contributed by atoms with Gasteiger partial charge in [-0.25, -0.2) is 9.78 Å². The van der Waals surface area contributed by atoms with Crippen molar-refractivity contribution in [2.75, 3.05) is 7.05 Å². The molecular formula is C14H21N3O3S. The fourth-order valence-electron chi connectivity index (χ4n) is 2.68. The first-order chi connectivity index (χ1) is 9.84. The zero-order chi connectivity index (χ0) is 15.6. The molecule has 0 saturated heterocycles. The average Bonchev–Trinajstić information content (AvgIpc) is 2.98. The van der Waals surface area contributed by atoms with Crippen molar-refractivity contribution < 1.29 is 14.7 Å². The van der Waals surface area contributed by atoms with Gasteiger partial charge in [0.15, 0.2) is 0 Å². The number of nitrogens with zero attached hydrogens (tertiary/aromatic N) is 2. The third-order valence-electron chi connectivity index (χ3n) is 4.32. The number of carboxylic acids is 1. The van der Waals surface area contributed by atoms with Gasteiger partial charge in [0.25, 0.3) is 0 Å². The predicted octanol–water partition coefficient (Wildman–Crippen LogP) is 2.24. The van der Waals surface area contributed by atoms with Crippen molar-refractivity contribution >= 4 is 23.3 Å². The van der Waals surface area contributed by atoms with Crippen molar-refractivity contribution in [3.05, 3.63) is 16.1 Å². The summed E-state index contributed by atoms with van der Waals surface area (Å²) in [6, 6.07) is -0.547. The van der Waals surface area contributed by atoms with E-state index in [4.69, 9.17) is 0 Å². The van der Waals surface area contributed by atoms with Crippen molar-refractivity contribution in [1.82, 2.24) is 15.2 Å². The monoisotopic (exact) mass is 311 g/mol. The van der Waals surface area contributed by atoms with Gasteiger partial charge in [-0.15, -0.1) is 11.3 Å². The molecule has 0 radical (unpaired) electrons. The number of aryl methyl sites for hydroxylation is 1. The summed E-state index contributed by atoms with van der Waals surface area (Å²) in [5, 5.41) is 12.2. The zero-order valence-electron chi connectivity index (χ0n) is 12.5. The van der Waals surface area contributed by atoms with Gasteiger partial charge >= 0.3 is 12.0 Å². The Bertz CT molecular complexity index is 545. The van der Waals surface area contributed by atoms with Crippen LogP contribution >= 0.6 is 11.3 Å². The van der Waals surface area contributed by atoms with Gasteiger partial charge in [-0.3, -0.25) is 4.79 Å². The molecule has 1 fully saturated rings. The molecule has 1 aromatic heterocycles. The fraction of sp³-hybridized carbons (Fsp3) is 0.643. The first kappa shape index (κ1) is 15.8. The van der Waals surface area contributed by atoms with Crippen LogP contribution in [0.1, 0.15) is 36.8 Å². The lowest BCUT2D eigenvalue weighted by atomic mass is 9.85. The summed E-state index contributed by atoms with van der Waals surface area (Å²) < 4.78 is 0. The first-order valence-electron chi connectivity index (χ1n) is 6.98. The van der Waals surface area contributed by atoms with Crippen LogP contribution < -0.4 is 5.32 Å². The Morgan fingerprint density at radius 3 is 2.90 bits per heavy atom. The van der Waals surface area contributed by atoms with E-state index in [-0.39, 0.29) is 12.1 Å². The quantitative estimate of drug-likeness (QED) is 0.893. The topological polar surface area (TPSA) is 82.5 Å². The first-order valence-corrected chi connectivity index (χ1v) is 7.86. The molecule has 0 spiro atoms. The molecule has 1 aliphatic rings. The summed E-state index contributed by atoms with van der Waals surface area (Å²) in [4.78, 5) is 30.4. The van der Waals surface area contributed by atoms with E-state index in [2.05, 4.69) is 10.3 Å². The lowest BCUT2D eigenvalue weighted by molar-refractivity contribution is -0.148. The molecule has 1 saturated carbocycles. The molecule has 2 N–H and O–H groups in total. The predicted molar refractivity (Wildman–Crippen MR) is 80.2 cm³/mol. The van der Waals surface area contributed by atoms with Crippen molar-refractivity contribution in [2.45, 2.75) is 45.7 Å². The van der Waals surface area contributed by atoms with E-state index >= 15 is 0 Å². The number of hydrogen-bond acceptors (Lipinski definition) is 4. The molecule has 116 valence electrons. The number of thiazole rings is 1. The van der Waals surface area contributed by atoms with E-state index in [0.29, 0.717) is 19.4 Å². The van der Waals surface area contributed by atoms with Gasteiger partial charge in [0.2, 0.25) is 0 Å². The number of nitrogens with one attached hydrogen (secondary N) is 1. The minimum Gasteiger partial charge on any atom is -0.481 e. The molecule has 21 heavy (non-hydrogen) atoms. The molecule has 2 amide bonds. The van der Waals surface area contributed by atoms with Crippen molar-refractivity contribution in [1.29, 1.82) is 0 Å². The minimum absolute atomic E-state index is 0.234. The summed E-state index contributed by atoms with van der Waals surface area (Å²) in [6.45, 7) is 4.11. The van der Waals surface area contributed by atoms with Gasteiger partial charge in [-0.05, 0) is 26.7 Å². The van der Waals surface area contributed by atoms with Crippen molar-refractivity contribution in [3.8, 4) is 0 Å². The van der Waals surface area contributed by atoms with Crippen LogP contribution in [0.15, 0.2) is 5.51 Å². The van der Waals surface area contributed by atoms with Gasteiger partial charge in [-0.1, -0.05) is 6.42 Å². The Labute approximate surface area is 128 Å². The van der Waals surface area contributed by atoms with E-state index in [1.165, 1.54) is 11.3 Å². The number of carboxylic acid groups (broad SMARTS) is 1. The lowest BCUT2D eigenvalue weighted by Gasteiger charge is -2.29. The second kappa shape index (κ2) is 6.01. The smallest absolute Gasteiger partial charge is 0.317 e.